The van der Waals surface area contributed by atoms with E-state index in [-0.39, 0.29) is 36.4 Å². The summed E-state index contributed by atoms with van der Waals surface area (Å²) in [6.07, 6.45) is 0. The Bertz CT molecular complexity index is 389. The van der Waals surface area contributed by atoms with Crippen molar-refractivity contribution >= 4 is 42.1 Å². The molecule has 0 bridgehead atoms. The molecule has 1 aromatic carbocycles. The molecule has 0 unspecified atom stereocenters. The summed E-state index contributed by atoms with van der Waals surface area (Å²) in [5, 5.41) is 5.34. The second-order valence-corrected chi connectivity index (χ2v) is 3.14. The highest BCUT2D eigenvalue weighted by molar-refractivity contribution is 5.99. The first-order chi connectivity index (χ1) is 6.68. The summed E-state index contributed by atoms with van der Waals surface area (Å²) in [6.45, 7) is 0.308. The SMILES string of the molecule is Cl.Cl.N[C@H]1CNc2cccc(F)c2NC1=O. The lowest BCUT2D eigenvalue weighted by Crippen LogP contribution is -2.39. The van der Waals surface area contributed by atoms with Gasteiger partial charge in [-0.15, -0.1) is 24.8 Å². The van der Waals surface area contributed by atoms with Crippen molar-refractivity contribution in [2.24, 2.45) is 5.73 Å². The van der Waals surface area contributed by atoms with Crippen molar-refractivity contribution in [2.75, 3.05) is 17.2 Å². The van der Waals surface area contributed by atoms with Gasteiger partial charge in [0.15, 0.2) is 0 Å². The highest BCUT2D eigenvalue weighted by atomic mass is 35.5. The molecule has 0 saturated carbocycles. The van der Waals surface area contributed by atoms with Gasteiger partial charge >= 0.3 is 0 Å². The Morgan fingerprint density at radius 1 is 1.38 bits per heavy atom. The Balaban J connectivity index is 0.00000112. The minimum atomic E-state index is -0.651. The Hall–Kier alpha value is -1.04. The van der Waals surface area contributed by atoms with E-state index in [1.165, 1.54) is 6.07 Å². The van der Waals surface area contributed by atoms with Gasteiger partial charge in [-0.1, -0.05) is 6.07 Å². The van der Waals surface area contributed by atoms with Gasteiger partial charge in [0.25, 0.3) is 0 Å². The second kappa shape index (κ2) is 5.89. The highest BCUT2D eigenvalue weighted by Gasteiger charge is 2.21. The molecule has 1 aliphatic rings. The summed E-state index contributed by atoms with van der Waals surface area (Å²) < 4.78 is 13.3. The summed E-state index contributed by atoms with van der Waals surface area (Å²) in [7, 11) is 0. The van der Waals surface area contributed by atoms with E-state index in [2.05, 4.69) is 10.6 Å². The minimum absolute atomic E-state index is 0. The molecular weight excluding hydrogens is 256 g/mol. The first kappa shape index (κ1) is 15.0. The van der Waals surface area contributed by atoms with E-state index >= 15 is 0 Å². The molecular formula is C9H12Cl2FN3O. The number of carbonyl (C=O) groups excluding carboxylic acids is 1. The molecule has 7 heteroatoms. The number of nitrogens with two attached hydrogens (primary N) is 1. The van der Waals surface area contributed by atoms with Crippen LogP contribution in [-0.2, 0) is 4.79 Å². The number of amides is 1. The topological polar surface area (TPSA) is 67.2 Å². The standard InChI is InChI=1S/C9H10FN3O.2ClH/c10-5-2-1-3-7-8(5)13-9(14)6(11)4-12-7;;/h1-3,6,12H,4,11H2,(H,13,14);2*1H/t6-;;/m0../s1. The van der Waals surface area contributed by atoms with Crippen LogP contribution < -0.4 is 16.4 Å². The fraction of sp³-hybridized carbons (Fsp3) is 0.222. The van der Waals surface area contributed by atoms with Crippen molar-refractivity contribution in [3.05, 3.63) is 24.0 Å². The molecule has 0 spiro atoms. The molecule has 1 atom stereocenters. The van der Waals surface area contributed by atoms with Gasteiger partial charge in [-0.05, 0) is 12.1 Å². The van der Waals surface area contributed by atoms with Crippen molar-refractivity contribution in [1.82, 2.24) is 0 Å². The summed E-state index contributed by atoms with van der Waals surface area (Å²) in [6, 6.07) is 3.90. The zero-order valence-corrected chi connectivity index (χ0v) is 9.83. The highest BCUT2D eigenvalue weighted by Crippen LogP contribution is 2.26. The maximum atomic E-state index is 13.3. The van der Waals surface area contributed by atoms with Crippen LogP contribution in [0.15, 0.2) is 18.2 Å². The average Bonchev–Trinajstić information content (AvgIpc) is 2.30. The van der Waals surface area contributed by atoms with E-state index in [0.717, 1.165) is 0 Å². The molecule has 0 aromatic heterocycles. The van der Waals surface area contributed by atoms with E-state index in [9.17, 15) is 9.18 Å². The fourth-order valence-corrected chi connectivity index (χ4v) is 1.33. The number of hydrogen-bond donors (Lipinski definition) is 3. The fourth-order valence-electron chi connectivity index (χ4n) is 1.33. The van der Waals surface area contributed by atoms with Gasteiger partial charge in [0, 0.05) is 6.54 Å². The number of anilines is 2. The monoisotopic (exact) mass is 267 g/mol. The smallest absolute Gasteiger partial charge is 0.243 e. The van der Waals surface area contributed by atoms with Crippen LogP contribution in [0.4, 0.5) is 15.8 Å². The number of benzene rings is 1. The zero-order valence-electron chi connectivity index (χ0n) is 8.20. The van der Waals surface area contributed by atoms with Crippen LogP contribution in [0.3, 0.4) is 0 Å². The lowest BCUT2D eigenvalue weighted by atomic mass is 10.2. The number of nitrogens with one attached hydrogen (secondary N) is 2. The predicted octanol–water partition coefficient (Wildman–Crippen LogP) is 1.36. The molecule has 0 saturated heterocycles. The lowest BCUT2D eigenvalue weighted by Gasteiger charge is -2.07. The largest absolute Gasteiger partial charge is 0.381 e. The second-order valence-electron chi connectivity index (χ2n) is 3.14. The summed E-state index contributed by atoms with van der Waals surface area (Å²) in [4.78, 5) is 11.3. The molecule has 0 fully saturated rings. The van der Waals surface area contributed by atoms with Crippen LogP contribution in [0, 0.1) is 5.82 Å². The number of hydrogen-bond acceptors (Lipinski definition) is 3. The van der Waals surface area contributed by atoms with Gasteiger partial charge < -0.3 is 16.4 Å². The Morgan fingerprint density at radius 2 is 2.06 bits per heavy atom. The normalized spacial score (nSPS) is 17.9. The van der Waals surface area contributed by atoms with Crippen molar-refractivity contribution in [3.8, 4) is 0 Å². The van der Waals surface area contributed by atoms with Gasteiger partial charge in [-0.2, -0.15) is 0 Å². The number of para-hydroxylation sites is 1. The van der Waals surface area contributed by atoms with E-state index in [1.807, 2.05) is 0 Å². The Labute approximate surface area is 105 Å². The van der Waals surface area contributed by atoms with Crippen LogP contribution in [0.1, 0.15) is 0 Å². The maximum absolute atomic E-state index is 13.3. The quantitative estimate of drug-likeness (QED) is 0.665. The average molecular weight is 268 g/mol. The summed E-state index contributed by atoms with van der Waals surface area (Å²) >= 11 is 0. The molecule has 16 heavy (non-hydrogen) atoms. The molecule has 1 aliphatic heterocycles. The van der Waals surface area contributed by atoms with Crippen LogP contribution in [-0.4, -0.2) is 18.5 Å². The molecule has 90 valence electrons. The van der Waals surface area contributed by atoms with E-state index < -0.39 is 11.9 Å². The number of fused-ring (bicyclic) bond motifs is 1. The van der Waals surface area contributed by atoms with E-state index in [0.29, 0.717) is 12.2 Å². The van der Waals surface area contributed by atoms with Crippen LogP contribution in [0.2, 0.25) is 0 Å². The van der Waals surface area contributed by atoms with Crippen molar-refractivity contribution in [1.29, 1.82) is 0 Å². The molecule has 1 heterocycles. The van der Waals surface area contributed by atoms with E-state index in [1.54, 1.807) is 12.1 Å². The molecule has 1 aromatic rings. The third-order valence-corrected chi connectivity index (χ3v) is 2.11. The Morgan fingerprint density at radius 3 is 2.75 bits per heavy atom. The first-order valence-electron chi connectivity index (χ1n) is 4.27. The molecule has 4 nitrogen and oxygen atoms in total. The zero-order chi connectivity index (χ0) is 10.1. The van der Waals surface area contributed by atoms with Crippen LogP contribution >= 0.6 is 24.8 Å². The van der Waals surface area contributed by atoms with Crippen LogP contribution in [0.5, 0.6) is 0 Å². The number of rotatable bonds is 0. The molecule has 2 rings (SSSR count). The first-order valence-corrected chi connectivity index (χ1v) is 4.27. The van der Waals surface area contributed by atoms with Crippen molar-refractivity contribution < 1.29 is 9.18 Å². The third kappa shape index (κ3) is 2.75. The van der Waals surface area contributed by atoms with Crippen LogP contribution in [0.25, 0.3) is 0 Å². The van der Waals surface area contributed by atoms with Gasteiger partial charge in [0.1, 0.15) is 17.5 Å². The minimum Gasteiger partial charge on any atom is -0.381 e. The predicted molar refractivity (Wildman–Crippen MR) is 66.0 cm³/mol. The lowest BCUT2D eigenvalue weighted by molar-refractivity contribution is -0.117. The Kier molecular flexibility index (Phi) is 5.50. The van der Waals surface area contributed by atoms with Gasteiger partial charge in [-0.25, -0.2) is 4.39 Å². The summed E-state index contributed by atoms with van der Waals surface area (Å²) in [5.74, 6) is -0.834. The molecule has 4 N–H and O–H groups in total. The maximum Gasteiger partial charge on any atom is 0.243 e. The number of halogens is 3. The van der Waals surface area contributed by atoms with Crippen molar-refractivity contribution in [2.45, 2.75) is 6.04 Å². The molecule has 1 amide bonds. The van der Waals surface area contributed by atoms with Gasteiger partial charge in [0.05, 0.1) is 5.69 Å². The van der Waals surface area contributed by atoms with E-state index in [4.69, 9.17) is 5.73 Å². The molecule has 0 radical (unpaired) electrons. The van der Waals surface area contributed by atoms with Crippen molar-refractivity contribution in [3.63, 3.8) is 0 Å². The number of carbonyl (C=O) groups is 1. The van der Waals surface area contributed by atoms with Gasteiger partial charge in [-0.3, -0.25) is 4.79 Å². The third-order valence-electron chi connectivity index (χ3n) is 2.11. The molecule has 0 aliphatic carbocycles. The summed E-state index contributed by atoms with van der Waals surface area (Å²) in [5.41, 5.74) is 6.24. The van der Waals surface area contributed by atoms with Gasteiger partial charge in [0.2, 0.25) is 5.91 Å².